The number of rotatable bonds is 3. The monoisotopic (exact) mass is 272 g/mol. The third kappa shape index (κ3) is 2.10. The molecule has 1 aromatic carbocycles. The van der Waals surface area contributed by atoms with E-state index < -0.39 is 0 Å². The van der Waals surface area contributed by atoms with Crippen LogP contribution in [0.4, 0.5) is 0 Å². The molecule has 3 rings (SSSR count). The van der Waals surface area contributed by atoms with Crippen molar-refractivity contribution in [2.24, 2.45) is 7.05 Å². The Morgan fingerprint density at radius 3 is 2.95 bits per heavy atom. The van der Waals surface area contributed by atoms with Crippen molar-refractivity contribution in [3.63, 3.8) is 0 Å². The van der Waals surface area contributed by atoms with Crippen molar-refractivity contribution in [2.45, 2.75) is 25.3 Å². The van der Waals surface area contributed by atoms with E-state index in [0.29, 0.717) is 0 Å². The maximum atomic E-state index is 12.8. The number of carbonyl (C=O) groups excluding carboxylic acids is 1. The number of carbonyl (C=O) groups is 1. The SMILES string of the molecule is COc1cccc2c1c(C(=O)C1CCCCN1)cn2C. The highest BCUT2D eigenvalue weighted by Gasteiger charge is 2.25. The van der Waals surface area contributed by atoms with Crippen LogP contribution in [0.3, 0.4) is 0 Å². The molecule has 20 heavy (non-hydrogen) atoms. The van der Waals surface area contributed by atoms with Gasteiger partial charge >= 0.3 is 0 Å². The number of nitrogens with zero attached hydrogens (tertiary/aromatic N) is 1. The molecule has 1 saturated heterocycles. The second-order valence-electron chi connectivity index (χ2n) is 5.37. The Hall–Kier alpha value is -1.81. The van der Waals surface area contributed by atoms with Gasteiger partial charge in [-0.05, 0) is 31.5 Å². The van der Waals surface area contributed by atoms with E-state index in [1.54, 1.807) is 7.11 Å². The van der Waals surface area contributed by atoms with Gasteiger partial charge in [0.2, 0.25) is 0 Å². The van der Waals surface area contributed by atoms with Crippen LogP contribution in [-0.2, 0) is 7.05 Å². The molecule has 1 unspecified atom stereocenters. The average Bonchev–Trinajstić information content (AvgIpc) is 2.85. The number of aromatic nitrogens is 1. The summed E-state index contributed by atoms with van der Waals surface area (Å²) in [6, 6.07) is 5.82. The van der Waals surface area contributed by atoms with Crippen LogP contribution in [0, 0.1) is 0 Å². The van der Waals surface area contributed by atoms with E-state index >= 15 is 0 Å². The first-order chi connectivity index (χ1) is 9.72. The first-order valence-electron chi connectivity index (χ1n) is 7.12. The number of fused-ring (bicyclic) bond motifs is 1. The normalized spacial score (nSPS) is 19.2. The molecule has 1 aliphatic rings. The number of ether oxygens (including phenoxy) is 1. The van der Waals surface area contributed by atoms with Crippen molar-refractivity contribution in [3.8, 4) is 5.75 Å². The lowest BCUT2D eigenvalue weighted by Gasteiger charge is -2.22. The highest BCUT2D eigenvalue weighted by Crippen LogP contribution is 2.31. The molecule has 0 spiro atoms. The third-order valence-corrected chi connectivity index (χ3v) is 4.09. The van der Waals surface area contributed by atoms with Crippen LogP contribution < -0.4 is 10.1 Å². The van der Waals surface area contributed by atoms with Gasteiger partial charge < -0.3 is 14.6 Å². The van der Waals surface area contributed by atoms with Gasteiger partial charge in [-0.15, -0.1) is 0 Å². The fraction of sp³-hybridized carbons (Fsp3) is 0.438. The molecule has 1 N–H and O–H groups in total. The number of nitrogens with one attached hydrogen (secondary N) is 1. The van der Waals surface area contributed by atoms with Crippen LogP contribution in [0.2, 0.25) is 0 Å². The number of hydrogen-bond donors (Lipinski definition) is 1. The smallest absolute Gasteiger partial charge is 0.182 e. The molecule has 2 aromatic rings. The molecule has 4 nitrogen and oxygen atoms in total. The van der Waals surface area contributed by atoms with E-state index in [0.717, 1.165) is 48.0 Å². The quantitative estimate of drug-likeness (QED) is 0.873. The lowest BCUT2D eigenvalue weighted by Crippen LogP contribution is -2.40. The first kappa shape index (κ1) is 13.2. The van der Waals surface area contributed by atoms with Gasteiger partial charge in [0.05, 0.1) is 24.1 Å². The van der Waals surface area contributed by atoms with Gasteiger partial charge in [0.15, 0.2) is 5.78 Å². The summed E-state index contributed by atoms with van der Waals surface area (Å²) in [7, 11) is 3.61. The number of aryl methyl sites for hydroxylation is 1. The summed E-state index contributed by atoms with van der Waals surface area (Å²) in [5, 5.41) is 4.25. The van der Waals surface area contributed by atoms with Crippen molar-refractivity contribution >= 4 is 16.7 Å². The zero-order valence-corrected chi connectivity index (χ0v) is 12.0. The summed E-state index contributed by atoms with van der Waals surface area (Å²) in [5.41, 5.74) is 1.79. The van der Waals surface area contributed by atoms with E-state index in [-0.39, 0.29) is 11.8 Å². The third-order valence-electron chi connectivity index (χ3n) is 4.09. The molecule has 0 bridgehead atoms. The van der Waals surface area contributed by atoms with Crippen molar-refractivity contribution in [3.05, 3.63) is 30.0 Å². The van der Waals surface area contributed by atoms with Crippen LogP contribution >= 0.6 is 0 Å². The number of benzene rings is 1. The molecular weight excluding hydrogens is 252 g/mol. The Morgan fingerprint density at radius 1 is 1.40 bits per heavy atom. The highest BCUT2D eigenvalue weighted by molar-refractivity contribution is 6.12. The number of Topliss-reactive ketones (excluding diaryl/α,β-unsaturated/α-hetero) is 1. The molecule has 1 aliphatic heterocycles. The molecule has 106 valence electrons. The number of hydrogen-bond acceptors (Lipinski definition) is 3. The predicted octanol–water partition coefficient (Wildman–Crippen LogP) is 2.51. The minimum atomic E-state index is -0.0562. The standard InChI is InChI=1S/C16H20N2O2/c1-18-10-11(16(19)12-6-3-4-9-17-12)15-13(18)7-5-8-14(15)20-2/h5,7-8,10,12,17H,3-4,6,9H2,1-2H3. The molecule has 0 aliphatic carbocycles. The zero-order valence-electron chi connectivity index (χ0n) is 12.0. The van der Waals surface area contributed by atoms with Gasteiger partial charge in [-0.1, -0.05) is 12.5 Å². The Kier molecular flexibility index (Phi) is 3.49. The first-order valence-corrected chi connectivity index (χ1v) is 7.12. The summed E-state index contributed by atoms with van der Waals surface area (Å²) < 4.78 is 7.43. The van der Waals surface area contributed by atoms with Gasteiger partial charge in [-0.3, -0.25) is 4.79 Å². The molecule has 1 aromatic heterocycles. The molecule has 2 heterocycles. The molecule has 1 atom stereocenters. The second kappa shape index (κ2) is 5.29. The largest absolute Gasteiger partial charge is 0.496 e. The van der Waals surface area contributed by atoms with Crippen LogP contribution in [0.15, 0.2) is 24.4 Å². The van der Waals surface area contributed by atoms with Gasteiger partial charge in [-0.25, -0.2) is 0 Å². The summed E-state index contributed by atoms with van der Waals surface area (Å²) >= 11 is 0. The predicted molar refractivity (Wildman–Crippen MR) is 79.4 cm³/mol. The molecule has 0 amide bonds. The number of piperidine rings is 1. The van der Waals surface area contributed by atoms with Crippen molar-refractivity contribution in [1.29, 1.82) is 0 Å². The Bertz CT molecular complexity index is 639. The van der Waals surface area contributed by atoms with E-state index in [4.69, 9.17) is 4.74 Å². The maximum Gasteiger partial charge on any atom is 0.182 e. The fourth-order valence-electron chi connectivity index (χ4n) is 3.03. The summed E-state index contributed by atoms with van der Waals surface area (Å²) in [6.07, 6.45) is 5.12. The zero-order chi connectivity index (χ0) is 14.1. The van der Waals surface area contributed by atoms with Gasteiger partial charge in [-0.2, -0.15) is 0 Å². The molecule has 0 saturated carbocycles. The Morgan fingerprint density at radius 2 is 2.25 bits per heavy atom. The van der Waals surface area contributed by atoms with E-state index in [9.17, 15) is 4.79 Å². The van der Waals surface area contributed by atoms with Crippen LogP contribution in [-0.4, -0.2) is 30.0 Å². The van der Waals surface area contributed by atoms with Gasteiger partial charge in [0.1, 0.15) is 5.75 Å². The molecule has 4 heteroatoms. The lowest BCUT2D eigenvalue weighted by atomic mass is 9.96. The Labute approximate surface area is 118 Å². The van der Waals surface area contributed by atoms with Gasteiger partial charge in [0.25, 0.3) is 0 Å². The number of methoxy groups -OCH3 is 1. The maximum absolute atomic E-state index is 12.8. The van der Waals surface area contributed by atoms with Crippen LogP contribution in [0.25, 0.3) is 10.9 Å². The average molecular weight is 272 g/mol. The minimum Gasteiger partial charge on any atom is -0.496 e. The van der Waals surface area contributed by atoms with E-state index in [1.807, 2.05) is 36.0 Å². The second-order valence-corrected chi connectivity index (χ2v) is 5.37. The summed E-state index contributed by atoms with van der Waals surface area (Å²) in [6.45, 7) is 0.929. The van der Waals surface area contributed by atoms with Crippen molar-refractivity contribution in [1.82, 2.24) is 9.88 Å². The topological polar surface area (TPSA) is 43.3 Å². The van der Waals surface area contributed by atoms with E-state index in [1.165, 1.54) is 0 Å². The van der Waals surface area contributed by atoms with Crippen molar-refractivity contribution < 1.29 is 9.53 Å². The molecule has 0 radical (unpaired) electrons. The molecule has 1 fully saturated rings. The summed E-state index contributed by atoms with van der Waals surface area (Å²) in [4.78, 5) is 12.8. The highest BCUT2D eigenvalue weighted by atomic mass is 16.5. The minimum absolute atomic E-state index is 0.0562. The molecular formula is C16H20N2O2. The number of ketones is 1. The van der Waals surface area contributed by atoms with Crippen LogP contribution in [0.5, 0.6) is 5.75 Å². The Balaban J connectivity index is 2.08. The lowest BCUT2D eigenvalue weighted by molar-refractivity contribution is 0.0928. The van der Waals surface area contributed by atoms with Gasteiger partial charge in [0, 0.05) is 18.8 Å². The fourth-order valence-corrected chi connectivity index (χ4v) is 3.03. The van der Waals surface area contributed by atoms with E-state index in [2.05, 4.69) is 5.32 Å². The van der Waals surface area contributed by atoms with Crippen LogP contribution in [0.1, 0.15) is 29.6 Å². The summed E-state index contributed by atoms with van der Waals surface area (Å²) in [5.74, 6) is 0.946. The van der Waals surface area contributed by atoms with Crippen molar-refractivity contribution in [2.75, 3.05) is 13.7 Å².